The molecule has 0 saturated carbocycles. The summed E-state index contributed by atoms with van der Waals surface area (Å²) >= 11 is 12.9. The van der Waals surface area contributed by atoms with E-state index in [1.165, 1.54) is 0 Å². The molecule has 4 nitrogen and oxygen atoms in total. The highest BCUT2D eigenvalue weighted by Crippen LogP contribution is 2.34. The van der Waals surface area contributed by atoms with Gasteiger partial charge in [0.15, 0.2) is 5.16 Å². The Morgan fingerprint density at radius 2 is 1.96 bits per heavy atom. The van der Waals surface area contributed by atoms with E-state index < -0.39 is 17.6 Å². The second-order valence-electron chi connectivity index (χ2n) is 5.23. The van der Waals surface area contributed by atoms with Gasteiger partial charge in [0.25, 0.3) is 0 Å². The van der Waals surface area contributed by atoms with Gasteiger partial charge in [-0.15, -0.1) is 0 Å². The molecule has 0 atom stereocenters. The zero-order valence-corrected chi connectivity index (χ0v) is 15.2. The Morgan fingerprint density at radius 1 is 1.19 bits per heavy atom. The second-order valence-corrected chi connectivity index (χ2v) is 7.04. The van der Waals surface area contributed by atoms with E-state index in [4.69, 9.17) is 23.2 Å². The quantitative estimate of drug-likeness (QED) is 0.539. The molecule has 3 rings (SSSR count). The Morgan fingerprint density at radius 3 is 2.69 bits per heavy atom. The van der Waals surface area contributed by atoms with Crippen molar-refractivity contribution in [2.24, 2.45) is 0 Å². The number of H-pyrrole nitrogens is 1. The largest absolute Gasteiger partial charge is 0.416 e. The molecular formula is C16H10Cl2F3N3OS. The first-order chi connectivity index (χ1) is 12.2. The maximum atomic E-state index is 12.8. The Hall–Kier alpha value is -1.90. The fourth-order valence-electron chi connectivity index (χ4n) is 2.14. The van der Waals surface area contributed by atoms with Gasteiger partial charge in [-0.25, -0.2) is 4.98 Å². The fraction of sp³-hybridized carbons (Fsp3) is 0.125. The lowest BCUT2D eigenvalue weighted by atomic mass is 10.2. The molecule has 0 bridgehead atoms. The first-order valence-corrected chi connectivity index (χ1v) is 8.91. The van der Waals surface area contributed by atoms with Crippen LogP contribution in [-0.4, -0.2) is 21.6 Å². The topological polar surface area (TPSA) is 57.8 Å². The maximum Gasteiger partial charge on any atom is 0.416 e. The summed E-state index contributed by atoms with van der Waals surface area (Å²) < 4.78 is 38.3. The van der Waals surface area contributed by atoms with Crippen molar-refractivity contribution in [3.63, 3.8) is 0 Å². The van der Waals surface area contributed by atoms with Crippen molar-refractivity contribution in [2.45, 2.75) is 11.3 Å². The Bertz CT molecular complexity index is 975. The van der Waals surface area contributed by atoms with E-state index in [1.54, 1.807) is 18.2 Å². The Balaban J connectivity index is 1.67. The van der Waals surface area contributed by atoms with Crippen LogP contribution in [0.1, 0.15) is 5.56 Å². The third kappa shape index (κ3) is 4.44. The molecule has 136 valence electrons. The van der Waals surface area contributed by atoms with Gasteiger partial charge in [0.2, 0.25) is 5.91 Å². The molecule has 0 radical (unpaired) electrons. The van der Waals surface area contributed by atoms with E-state index in [-0.39, 0.29) is 16.5 Å². The number of anilines is 1. The van der Waals surface area contributed by atoms with E-state index in [9.17, 15) is 18.0 Å². The average molecular weight is 420 g/mol. The minimum Gasteiger partial charge on any atom is -0.333 e. The van der Waals surface area contributed by atoms with Crippen molar-refractivity contribution in [1.29, 1.82) is 0 Å². The number of fused-ring (bicyclic) bond motifs is 1. The number of carbonyl (C=O) groups excluding carboxylic acids is 1. The van der Waals surface area contributed by atoms with Crippen molar-refractivity contribution in [3.05, 3.63) is 52.0 Å². The number of hydrogen-bond acceptors (Lipinski definition) is 3. The number of nitrogens with zero attached hydrogens (tertiary/aromatic N) is 1. The molecule has 2 N–H and O–H groups in total. The number of halogens is 5. The van der Waals surface area contributed by atoms with Crippen LogP contribution < -0.4 is 5.32 Å². The summed E-state index contributed by atoms with van der Waals surface area (Å²) in [5, 5.41) is 3.45. The number of nitrogens with one attached hydrogen (secondary N) is 2. The molecule has 0 aliphatic carbocycles. The van der Waals surface area contributed by atoms with Crippen LogP contribution in [0.3, 0.4) is 0 Å². The van der Waals surface area contributed by atoms with E-state index in [0.717, 1.165) is 35.5 Å². The number of aromatic nitrogens is 2. The SMILES string of the molecule is O=C(CSc1nc2ccc(Cl)cc2[nH]1)Nc1cc(C(F)(F)F)ccc1Cl. The van der Waals surface area contributed by atoms with Crippen LogP contribution in [0.4, 0.5) is 18.9 Å². The number of imidazole rings is 1. The van der Waals surface area contributed by atoms with Crippen molar-refractivity contribution in [3.8, 4) is 0 Å². The highest BCUT2D eigenvalue weighted by molar-refractivity contribution is 7.99. The van der Waals surface area contributed by atoms with Crippen molar-refractivity contribution in [2.75, 3.05) is 11.1 Å². The van der Waals surface area contributed by atoms with E-state index in [1.807, 2.05) is 0 Å². The van der Waals surface area contributed by atoms with Crippen molar-refractivity contribution in [1.82, 2.24) is 9.97 Å². The number of thioether (sulfide) groups is 1. The summed E-state index contributed by atoms with van der Waals surface area (Å²) in [6.07, 6.45) is -4.52. The summed E-state index contributed by atoms with van der Waals surface area (Å²) in [5.41, 5.74) is 0.432. The van der Waals surface area contributed by atoms with Gasteiger partial charge in [-0.2, -0.15) is 13.2 Å². The molecule has 0 aliphatic rings. The van der Waals surface area contributed by atoms with Gasteiger partial charge >= 0.3 is 6.18 Å². The van der Waals surface area contributed by atoms with E-state index >= 15 is 0 Å². The number of benzene rings is 2. The van der Waals surface area contributed by atoms with Gasteiger partial charge in [0.05, 0.1) is 33.1 Å². The van der Waals surface area contributed by atoms with Gasteiger partial charge in [-0.1, -0.05) is 35.0 Å². The standard InChI is InChI=1S/C16H10Cl2F3N3OS/c17-9-2-4-11-13(6-9)24-15(23-11)26-7-14(25)22-12-5-8(16(19,20)21)1-3-10(12)18/h1-6H,7H2,(H,22,25)(H,23,24). The summed E-state index contributed by atoms with van der Waals surface area (Å²) in [7, 11) is 0. The predicted molar refractivity (Wildman–Crippen MR) is 96.9 cm³/mol. The van der Waals surface area contributed by atoms with Crippen LogP contribution in [0.5, 0.6) is 0 Å². The number of carbonyl (C=O) groups is 1. The molecule has 10 heteroatoms. The third-order valence-corrected chi connectivity index (χ3v) is 4.77. The molecule has 0 spiro atoms. The summed E-state index contributed by atoms with van der Waals surface area (Å²) in [6, 6.07) is 7.88. The molecule has 0 aliphatic heterocycles. The first kappa shape index (κ1) is 18.9. The van der Waals surface area contributed by atoms with Gasteiger partial charge in [-0.3, -0.25) is 4.79 Å². The van der Waals surface area contributed by atoms with Gasteiger partial charge in [0, 0.05) is 5.02 Å². The summed E-state index contributed by atoms with van der Waals surface area (Å²) in [6.45, 7) is 0. The molecule has 2 aromatic carbocycles. The molecule has 1 amide bonds. The lowest BCUT2D eigenvalue weighted by Gasteiger charge is -2.11. The number of hydrogen-bond donors (Lipinski definition) is 2. The zero-order valence-electron chi connectivity index (χ0n) is 12.8. The summed E-state index contributed by atoms with van der Waals surface area (Å²) in [5.74, 6) is -0.560. The first-order valence-electron chi connectivity index (χ1n) is 7.17. The Kier molecular flexibility index (Phi) is 5.36. The molecule has 3 aromatic rings. The second kappa shape index (κ2) is 7.38. The molecule has 1 heterocycles. The van der Waals surface area contributed by atoms with Gasteiger partial charge < -0.3 is 10.3 Å². The number of rotatable bonds is 4. The molecule has 26 heavy (non-hydrogen) atoms. The lowest BCUT2D eigenvalue weighted by Crippen LogP contribution is -2.15. The fourth-order valence-corrected chi connectivity index (χ4v) is 3.17. The molecule has 0 saturated heterocycles. The lowest BCUT2D eigenvalue weighted by molar-refractivity contribution is -0.137. The van der Waals surface area contributed by atoms with Crippen LogP contribution in [0.2, 0.25) is 10.0 Å². The molecule has 1 aromatic heterocycles. The monoisotopic (exact) mass is 419 g/mol. The molecule has 0 fully saturated rings. The van der Waals surface area contributed by atoms with Crippen LogP contribution >= 0.6 is 35.0 Å². The molecule has 0 unspecified atom stereocenters. The smallest absolute Gasteiger partial charge is 0.333 e. The third-order valence-electron chi connectivity index (χ3n) is 3.33. The summed E-state index contributed by atoms with van der Waals surface area (Å²) in [4.78, 5) is 19.3. The Labute approximate surface area is 160 Å². The number of amides is 1. The van der Waals surface area contributed by atoms with Crippen molar-refractivity contribution >= 4 is 57.6 Å². The van der Waals surface area contributed by atoms with Crippen molar-refractivity contribution < 1.29 is 18.0 Å². The number of alkyl halides is 3. The minimum absolute atomic E-state index is 0.0229. The highest BCUT2D eigenvalue weighted by Gasteiger charge is 2.31. The predicted octanol–water partition coefficient (Wildman–Crippen LogP) is 5.62. The molecular weight excluding hydrogens is 410 g/mol. The number of aromatic amines is 1. The van der Waals surface area contributed by atoms with Crippen LogP contribution in [-0.2, 0) is 11.0 Å². The van der Waals surface area contributed by atoms with Crippen LogP contribution in [0, 0.1) is 0 Å². The van der Waals surface area contributed by atoms with Gasteiger partial charge in [0.1, 0.15) is 0 Å². The van der Waals surface area contributed by atoms with E-state index in [2.05, 4.69) is 15.3 Å². The highest BCUT2D eigenvalue weighted by atomic mass is 35.5. The van der Waals surface area contributed by atoms with Crippen LogP contribution in [0.15, 0.2) is 41.6 Å². The maximum absolute atomic E-state index is 12.8. The average Bonchev–Trinajstić information content (AvgIpc) is 2.96. The van der Waals surface area contributed by atoms with E-state index in [0.29, 0.717) is 15.7 Å². The zero-order chi connectivity index (χ0) is 18.9. The minimum atomic E-state index is -4.52. The normalized spacial score (nSPS) is 11.7. The van der Waals surface area contributed by atoms with Gasteiger partial charge in [-0.05, 0) is 36.4 Å². The van der Waals surface area contributed by atoms with Crippen LogP contribution in [0.25, 0.3) is 11.0 Å².